The maximum Gasteiger partial charge on any atom is 0.319 e. The van der Waals surface area contributed by atoms with Crippen LogP contribution in [-0.4, -0.2) is 42.0 Å². The van der Waals surface area contributed by atoms with Crippen LogP contribution in [0.15, 0.2) is 0 Å². The van der Waals surface area contributed by atoms with Crippen molar-refractivity contribution in [1.29, 1.82) is 0 Å². The summed E-state index contributed by atoms with van der Waals surface area (Å²) in [5.74, 6) is 0.799. The van der Waals surface area contributed by atoms with E-state index in [-0.39, 0.29) is 6.03 Å². The number of urea groups is 1. The summed E-state index contributed by atoms with van der Waals surface area (Å²) in [6.07, 6.45) is 6.47. The number of likely N-dealkylation sites (tertiary alicyclic amines) is 1. The molecule has 1 aliphatic carbocycles. The first kappa shape index (κ1) is 10.8. The van der Waals surface area contributed by atoms with Gasteiger partial charge < -0.3 is 9.80 Å². The lowest BCUT2D eigenvalue weighted by Crippen LogP contribution is -2.45. The number of hydrogen-bond acceptors (Lipinski definition) is 1. The topological polar surface area (TPSA) is 23.6 Å². The standard InChI is InChI=1S/C12H22N2O/c1-3-13(2)12(15)14-9-8-10-6-4-5-7-11(10)14/h10-11H,3-9H2,1-2H3. The van der Waals surface area contributed by atoms with Crippen molar-refractivity contribution < 1.29 is 4.79 Å². The summed E-state index contributed by atoms with van der Waals surface area (Å²) in [6, 6.07) is 0.798. The zero-order chi connectivity index (χ0) is 10.8. The molecular weight excluding hydrogens is 188 g/mol. The van der Waals surface area contributed by atoms with Crippen LogP contribution in [0, 0.1) is 5.92 Å². The average molecular weight is 210 g/mol. The molecule has 86 valence electrons. The molecule has 1 heterocycles. The molecule has 2 aliphatic rings. The molecule has 1 saturated heterocycles. The summed E-state index contributed by atoms with van der Waals surface area (Å²) in [6.45, 7) is 3.83. The van der Waals surface area contributed by atoms with Crippen molar-refractivity contribution in [3.05, 3.63) is 0 Å². The highest BCUT2D eigenvalue weighted by atomic mass is 16.2. The molecule has 0 bridgehead atoms. The van der Waals surface area contributed by atoms with Crippen LogP contribution in [0.25, 0.3) is 0 Å². The quantitative estimate of drug-likeness (QED) is 0.651. The molecule has 3 heteroatoms. The van der Waals surface area contributed by atoms with Gasteiger partial charge >= 0.3 is 6.03 Å². The van der Waals surface area contributed by atoms with Crippen molar-refractivity contribution in [1.82, 2.24) is 9.80 Å². The van der Waals surface area contributed by atoms with Gasteiger partial charge in [-0.1, -0.05) is 12.8 Å². The van der Waals surface area contributed by atoms with Gasteiger partial charge in [0.15, 0.2) is 0 Å². The van der Waals surface area contributed by atoms with Crippen LogP contribution in [0.4, 0.5) is 4.79 Å². The molecule has 1 aliphatic heterocycles. The number of carbonyl (C=O) groups is 1. The number of fused-ring (bicyclic) bond motifs is 1. The first-order chi connectivity index (χ1) is 7.24. The summed E-state index contributed by atoms with van der Waals surface area (Å²) < 4.78 is 0. The van der Waals surface area contributed by atoms with E-state index in [1.165, 1.54) is 32.1 Å². The third kappa shape index (κ3) is 1.97. The summed E-state index contributed by atoms with van der Waals surface area (Å²) >= 11 is 0. The molecule has 2 amide bonds. The van der Waals surface area contributed by atoms with Gasteiger partial charge in [0, 0.05) is 26.2 Å². The second kappa shape index (κ2) is 4.42. The van der Waals surface area contributed by atoms with E-state index < -0.39 is 0 Å². The Kier molecular flexibility index (Phi) is 3.17. The molecule has 0 aromatic rings. The first-order valence-corrected chi connectivity index (χ1v) is 6.25. The van der Waals surface area contributed by atoms with Gasteiger partial charge in [-0.25, -0.2) is 4.79 Å². The van der Waals surface area contributed by atoms with Crippen LogP contribution in [0.2, 0.25) is 0 Å². The Hall–Kier alpha value is -0.730. The van der Waals surface area contributed by atoms with Crippen LogP contribution in [0.5, 0.6) is 0 Å². The largest absolute Gasteiger partial charge is 0.328 e. The minimum Gasteiger partial charge on any atom is -0.328 e. The molecule has 15 heavy (non-hydrogen) atoms. The fourth-order valence-electron chi connectivity index (χ4n) is 3.00. The second-order valence-corrected chi connectivity index (χ2v) is 4.89. The monoisotopic (exact) mass is 210 g/mol. The Bertz CT molecular complexity index is 242. The lowest BCUT2D eigenvalue weighted by Gasteiger charge is -2.33. The number of hydrogen-bond donors (Lipinski definition) is 0. The number of carbonyl (C=O) groups excluding carboxylic acids is 1. The normalized spacial score (nSPS) is 30.1. The summed E-state index contributed by atoms with van der Waals surface area (Å²) in [7, 11) is 1.90. The van der Waals surface area contributed by atoms with E-state index in [1.54, 1.807) is 0 Å². The number of rotatable bonds is 1. The van der Waals surface area contributed by atoms with Crippen LogP contribution in [-0.2, 0) is 0 Å². The van der Waals surface area contributed by atoms with Crippen LogP contribution in [0.3, 0.4) is 0 Å². The fraction of sp³-hybridized carbons (Fsp3) is 0.917. The van der Waals surface area contributed by atoms with Gasteiger partial charge in [-0.05, 0) is 32.1 Å². The molecule has 0 N–H and O–H groups in total. The summed E-state index contributed by atoms with van der Waals surface area (Å²) in [5, 5.41) is 0. The molecule has 0 aromatic heterocycles. The molecule has 0 aromatic carbocycles. The van der Waals surface area contributed by atoms with Crippen LogP contribution < -0.4 is 0 Å². The molecule has 3 nitrogen and oxygen atoms in total. The van der Waals surface area contributed by atoms with E-state index >= 15 is 0 Å². The Morgan fingerprint density at radius 1 is 1.33 bits per heavy atom. The predicted octanol–water partition coefficient (Wildman–Crippen LogP) is 2.32. The zero-order valence-electron chi connectivity index (χ0n) is 9.91. The maximum absolute atomic E-state index is 12.1. The minimum atomic E-state index is 0.243. The molecule has 0 spiro atoms. The van der Waals surface area contributed by atoms with E-state index in [0.717, 1.165) is 19.0 Å². The number of nitrogens with zero attached hydrogens (tertiary/aromatic N) is 2. The van der Waals surface area contributed by atoms with Gasteiger partial charge in [-0.2, -0.15) is 0 Å². The van der Waals surface area contributed by atoms with Crippen molar-refractivity contribution in [2.45, 2.75) is 45.1 Å². The van der Waals surface area contributed by atoms with E-state index in [2.05, 4.69) is 4.90 Å². The molecule has 2 unspecified atom stereocenters. The SMILES string of the molecule is CCN(C)C(=O)N1CCC2CCCCC21. The minimum absolute atomic E-state index is 0.243. The lowest BCUT2D eigenvalue weighted by atomic mass is 9.85. The molecule has 2 rings (SSSR count). The van der Waals surface area contributed by atoms with Crippen molar-refractivity contribution in [2.24, 2.45) is 5.92 Å². The fourth-order valence-corrected chi connectivity index (χ4v) is 3.00. The second-order valence-electron chi connectivity index (χ2n) is 4.89. The van der Waals surface area contributed by atoms with Crippen molar-refractivity contribution >= 4 is 6.03 Å². The first-order valence-electron chi connectivity index (χ1n) is 6.25. The maximum atomic E-state index is 12.1. The number of amides is 2. The highest BCUT2D eigenvalue weighted by Crippen LogP contribution is 2.36. The van der Waals surface area contributed by atoms with Gasteiger partial charge in [0.25, 0.3) is 0 Å². The van der Waals surface area contributed by atoms with Gasteiger partial charge in [-0.15, -0.1) is 0 Å². The van der Waals surface area contributed by atoms with E-state index in [0.29, 0.717) is 6.04 Å². The molecule has 0 radical (unpaired) electrons. The van der Waals surface area contributed by atoms with E-state index in [4.69, 9.17) is 0 Å². The van der Waals surface area contributed by atoms with Crippen molar-refractivity contribution in [3.63, 3.8) is 0 Å². The van der Waals surface area contributed by atoms with Crippen molar-refractivity contribution in [3.8, 4) is 0 Å². The summed E-state index contributed by atoms with van der Waals surface area (Å²) in [4.78, 5) is 16.0. The highest BCUT2D eigenvalue weighted by Gasteiger charge is 2.38. The zero-order valence-corrected chi connectivity index (χ0v) is 9.91. The highest BCUT2D eigenvalue weighted by molar-refractivity contribution is 5.74. The predicted molar refractivity (Wildman–Crippen MR) is 60.8 cm³/mol. The van der Waals surface area contributed by atoms with Gasteiger partial charge in [-0.3, -0.25) is 0 Å². The molecule has 1 saturated carbocycles. The smallest absolute Gasteiger partial charge is 0.319 e. The van der Waals surface area contributed by atoms with Crippen LogP contribution >= 0.6 is 0 Å². The van der Waals surface area contributed by atoms with E-state index in [9.17, 15) is 4.79 Å². The Morgan fingerprint density at radius 2 is 2.07 bits per heavy atom. The summed E-state index contributed by atoms with van der Waals surface area (Å²) in [5.41, 5.74) is 0. The lowest BCUT2D eigenvalue weighted by molar-refractivity contribution is 0.142. The average Bonchev–Trinajstić information content (AvgIpc) is 2.70. The van der Waals surface area contributed by atoms with Gasteiger partial charge in [0.1, 0.15) is 0 Å². The van der Waals surface area contributed by atoms with Crippen molar-refractivity contribution in [2.75, 3.05) is 20.1 Å². The van der Waals surface area contributed by atoms with Gasteiger partial charge in [0.05, 0.1) is 0 Å². The third-order valence-electron chi connectivity index (χ3n) is 4.06. The Balaban J connectivity index is 2.01. The van der Waals surface area contributed by atoms with Gasteiger partial charge in [0.2, 0.25) is 0 Å². The Labute approximate surface area is 92.4 Å². The Morgan fingerprint density at radius 3 is 2.80 bits per heavy atom. The molecule has 2 fully saturated rings. The third-order valence-corrected chi connectivity index (χ3v) is 4.06. The van der Waals surface area contributed by atoms with E-state index in [1.807, 2.05) is 18.9 Å². The van der Waals surface area contributed by atoms with Crippen LogP contribution in [0.1, 0.15) is 39.0 Å². The molecular formula is C12H22N2O. The molecule has 2 atom stereocenters.